The normalized spacial score (nSPS) is 30.8. The van der Waals surface area contributed by atoms with E-state index in [1.807, 2.05) is 6.08 Å². The third-order valence-corrected chi connectivity index (χ3v) is 15.1. The predicted octanol–water partition coefficient (Wildman–Crippen LogP) is 4.87. The van der Waals surface area contributed by atoms with Gasteiger partial charge in [0.1, 0.15) is 29.8 Å². The van der Waals surface area contributed by atoms with E-state index in [4.69, 9.17) is 21.1 Å². The van der Waals surface area contributed by atoms with Crippen LogP contribution in [0.2, 0.25) is 5.02 Å². The van der Waals surface area contributed by atoms with E-state index in [2.05, 4.69) is 28.0 Å². The van der Waals surface area contributed by atoms with Gasteiger partial charge >= 0.3 is 6.09 Å². The van der Waals surface area contributed by atoms with Crippen LogP contribution in [0.25, 0.3) is 10.8 Å². The van der Waals surface area contributed by atoms with Crippen molar-refractivity contribution in [1.82, 2.24) is 24.8 Å². The minimum atomic E-state index is -3.92. The van der Waals surface area contributed by atoms with Gasteiger partial charge in [-0.25, -0.2) is 13.2 Å². The summed E-state index contributed by atoms with van der Waals surface area (Å²) in [6.45, 7) is 4.03. The van der Waals surface area contributed by atoms with Crippen LogP contribution in [0.5, 0.6) is 5.88 Å². The number of aromatic nitrogens is 1. The number of carbonyl (C=O) groups is 4. The number of alkyl carbamates (subject to hydrolysis) is 1. The first-order valence-corrected chi connectivity index (χ1v) is 22.7. The molecule has 3 heterocycles. The highest BCUT2D eigenvalue weighted by atomic mass is 35.5. The Balaban J connectivity index is 1.15. The average Bonchev–Trinajstić information content (AvgIpc) is 4.09. The summed E-state index contributed by atoms with van der Waals surface area (Å²) in [6, 6.07) is 4.61. The number of nitrogens with one attached hydrogen (secondary N) is 3. The van der Waals surface area contributed by atoms with E-state index >= 15 is 0 Å². The highest BCUT2D eigenvalue weighted by molar-refractivity contribution is 7.91. The van der Waals surface area contributed by atoms with Crippen molar-refractivity contribution in [3.63, 3.8) is 0 Å². The Hall–Kier alpha value is -4.37. The summed E-state index contributed by atoms with van der Waals surface area (Å²) in [4.78, 5) is 72.2. The zero-order valence-electron chi connectivity index (χ0n) is 32.5. The Labute approximate surface area is 343 Å². The monoisotopic (exact) mass is 837 g/mol. The maximum Gasteiger partial charge on any atom is 0.408 e. The maximum absolute atomic E-state index is 15.0. The summed E-state index contributed by atoms with van der Waals surface area (Å²) in [7, 11) is -3.92. The molecule has 3 N–H and O–H groups in total. The minimum absolute atomic E-state index is 0.0122. The molecule has 2 aromatic rings. The van der Waals surface area contributed by atoms with Crippen LogP contribution < -0.4 is 25.7 Å². The van der Waals surface area contributed by atoms with Crippen molar-refractivity contribution in [2.45, 2.75) is 132 Å². The quantitative estimate of drug-likeness (QED) is 0.328. The highest BCUT2D eigenvalue weighted by Gasteiger charge is 2.62. The van der Waals surface area contributed by atoms with E-state index in [9.17, 15) is 32.4 Å². The van der Waals surface area contributed by atoms with Gasteiger partial charge in [-0.1, -0.05) is 49.1 Å². The molecule has 6 aliphatic rings. The number of rotatable bonds is 7. The van der Waals surface area contributed by atoms with Gasteiger partial charge in [-0.15, -0.1) is 6.58 Å². The molecular weight excluding hydrogens is 786 g/mol. The molecule has 5 fully saturated rings. The molecule has 58 heavy (non-hydrogen) atoms. The predicted molar refractivity (Wildman–Crippen MR) is 216 cm³/mol. The Kier molecular flexibility index (Phi) is 11.4. The number of amides is 4. The van der Waals surface area contributed by atoms with Crippen LogP contribution in [-0.4, -0.2) is 83.3 Å². The molecule has 0 radical (unpaired) electrons. The molecule has 14 nitrogen and oxygen atoms in total. The van der Waals surface area contributed by atoms with E-state index in [1.54, 1.807) is 28.8 Å². The lowest BCUT2D eigenvalue weighted by Gasteiger charge is -2.35. The molecule has 1 aromatic heterocycles. The number of halogens is 1. The minimum Gasteiger partial charge on any atom is -0.473 e. The average molecular weight is 838 g/mol. The Bertz CT molecular complexity index is 2180. The number of fused-ring (bicyclic) bond motifs is 5. The second-order valence-electron chi connectivity index (χ2n) is 17.0. The third-order valence-electron chi connectivity index (χ3n) is 13.1. The van der Waals surface area contributed by atoms with Crippen LogP contribution in [0.4, 0.5) is 4.79 Å². The van der Waals surface area contributed by atoms with Gasteiger partial charge in [-0.2, -0.15) is 0 Å². The molecule has 0 unspecified atom stereocenters. The molecule has 4 saturated carbocycles. The maximum atomic E-state index is 15.0. The Morgan fingerprint density at radius 3 is 2.48 bits per heavy atom. The fourth-order valence-corrected chi connectivity index (χ4v) is 11.1. The van der Waals surface area contributed by atoms with Gasteiger partial charge in [0, 0.05) is 35.4 Å². The number of carbonyl (C=O) groups excluding carboxylic acids is 4. The van der Waals surface area contributed by atoms with Crippen molar-refractivity contribution < 1.29 is 37.1 Å². The molecule has 2 aliphatic heterocycles. The van der Waals surface area contributed by atoms with Crippen LogP contribution in [-0.2, 0) is 35.7 Å². The lowest BCUT2D eigenvalue weighted by Crippen LogP contribution is -2.59. The first-order valence-electron chi connectivity index (χ1n) is 20.8. The summed E-state index contributed by atoms with van der Waals surface area (Å²) in [6.07, 6.45) is 12.7. The van der Waals surface area contributed by atoms with Crippen molar-refractivity contribution in [2.24, 2.45) is 17.8 Å². The molecule has 2 bridgehead atoms. The number of sulfonamides is 1. The van der Waals surface area contributed by atoms with Crippen molar-refractivity contribution in [3.05, 3.63) is 64.4 Å². The molecule has 4 amide bonds. The number of nitrogens with zero attached hydrogens (tertiary/aromatic N) is 2. The van der Waals surface area contributed by atoms with Gasteiger partial charge < -0.3 is 25.0 Å². The molecule has 1 saturated heterocycles. The zero-order valence-corrected chi connectivity index (χ0v) is 34.1. The number of allylic oxidation sites excluding steroid dienone is 2. The Morgan fingerprint density at radius 1 is 0.966 bits per heavy atom. The lowest BCUT2D eigenvalue weighted by molar-refractivity contribution is -0.142. The highest BCUT2D eigenvalue weighted by Crippen LogP contribution is 2.46. The molecule has 1 aromatic carbocycles. The van der Waals surface area contributed by atoms with E-state index in [0.717, 1.165) is 32.1 Å². The summed E-state index contributed by atoms with van der Waals surface area (Å²) in [5, 5.41) is 6.60. The van der Waals surface area contributed by atoms with Gasteiger partial charge in [-0.3, -0.25) is 28.5 Å². The number of hydrogen-bond acceptors (Lipinski definition) is 9. The fourth-order valence-electron chi connectivity index (χ4n) is 9.52. The van der Waals surface area contributed by atoms with Gasteiger partial charge in [-0.05, 0) is 99.6 Å². The summed E-state index contributed by atoms with van der Waals surface area (Å²) >= 11 is 6.35. The molecule has 4 aliphatic carbocycles. The lowest BCUT2D eigenvalue weighted by atomic mass is 9.83. The molecular formula is C42H52ClN5O9S. The largest absolute Gasteiger partial charge is 0.473 e. The number of ether oxygens (including phenoxy) is 2. The first kappa shape index (κ1) is 40.4. The topological polar surface area (TPSA) is 182 Å². The van der Waals surface area contributed by atoms with Crippen molar-refractivity contribution in [3.8, 4) is 5.88 Å². The third kappa shape index (κ3) is 8.25. The SMILES string of the molecule is C=C[C@@H]1C[C@]1(NC(=O)[C@@H]1C[C@@H]2CN1C(=O)[C@H](C1CCCCC1)NC(=O)O[C@@H]1CCC[C@H]1CC=CCCn1c(cc3cc(Cl)ccc3c1=O)O2)C(=O)NS(=O)(=O)C1CC1. The van der Waals surface area contributed by atoms with E-state index in [0.29, 0.717) is 67.3 Å². The van der Waals surface area contributed by atoms with Crippen LogP contribution in [0.15, 0.2) is 53.9 Å². The van der Waals surface area contributed by atoms with Crippen molar-refractivity contribution >= 4 is 56.2 Å². The molecule has 7 atom stereocenters. The van der Waals surface area contributed by atoms with E-state index in [1.165, 1.54) is 11.0 Å². The van der Waals surface area contributed by atoms with Crippen molar-refractivity contribution in [1.29, 1.82) is 0 Å². The molecule has 8 rings (SSSR count). The summed E-state index contributed by atoms with van der Waals surface area (Å²) < 4.78 is 42.0. The van der Waals surface area contributed by atoms with Gasteiger partial charge in [0.2, 0.25) is 21.8 Å². The first-order chi connectivity index (χ1) is 27.9. The standard InChI is InChI=1S/C42H52ClN5O9S/c1-2-28-23-42(28,40(52)46-58(54,55)31-16-17-31)45-37(49)33-22-30-24-48(33)39(51)36(26-11-5-3-6-12-26)44-41(53)57-34-14-9-13-25(34)10-7-4-8-19-47-35(56-30)21-27-20-29(43)15-18-32(27)38(47)50/h2,4,7,15,18,20-21,25-26,28,30-31,33-34,36H,1,3,5-6,8-14,16-17,19,22-24H2,(H,44,53)(H,45,49)(H,46,52)/t25-,28-,30-,33+,34-,36+,42-/m1/s1. The fraction of sp³-hybridized carbons (Fsp3) is 0.595. The van der Waals surface area contributed by atoms with Crippen LogP contribution in [0.1, 0.15) is 89.9 Å². The summed E-state index contributed by atoms with van der Waals surface area (Å²) in [5.41, 5.74) is -1.84. The van der Waals surface area contributed by atoms with Crippen LogP contribution >= 0.6 is 11.6 Å². The van der Waals surface area contributed by atoms with E-state index in [-0.39, 0.29) is 48.8 Å². The van der Waals surface area contributed by atoms with Crippen LogP contribution in [0.3, 0.4) is 0 Å². The smallest absolute Gasteiger partial charge is 0.408 e. The molecule has 16 heteroatoms. The zero-order chi connectivity index (χ0) is 40.8. The second-order valence-corrected chi connectivity index (χ2v) is 19.4. The Morgan fingerprint density at radius 2 is 1.74 bits per heavy atom. The second kappa shape index (κ2) is 16.4. The van der Waals surface area contributed by atoms with Crippen molar-refractivity contribution in [2.75, 3.05) is 6.54 Å². The van der Waals surface area contributed by atoms with Gasteiger partial charge in [0.15, 0.2) is 5.88 Å². The van der Waals surface area contributed by atoms with Crippen LogP contribution in [0, 0.1) is 17.8 Å². The summed E-state index contributed by atoms with van der Waals surface area (Å²) in [5.74, 6) is -2.37. The van der Waals surface area contributed by atoms with E-state index < -0.39 is 68.7 Å². The number of pyridine rings is 1. The number of benzene rings is 1. The molecule has 0 spiro atoms. The van der Waals surface area contributed by atoms with Gasteiger partial charge in [0.25, 0.3) is 11.5 Å². The number of hydrogen-bond donors (Lipinski definition) is 3. The van der Waals surface area contributed by atoms with Gasteiger partial charge in [0.05, 0.1) is 11.8 Å². The molecule has 312 valence electrons.